The van der Waals surface area contributed by atoms with Crippen molar-refractivity contribution in [2.75, 3.05) is 0 Å². The molecule has 0 bridgehead atoms. The number of nitrogens with zero attached hydrogens (tertiary/aromatic N) is 7. The van der Waals surface area contributed by atoms with Gasteiger partial charge in [0.2, 0.25) is 0 Å². The fourth-order valence-electron chi connectivity index (χ4n) is 14.9. The van der Waals surface area contributed by atoms with E-state index in [0.717, 1.165) is 128 Å². The molecule has 96 heavy (non-hydrogen) atoms. The van der Waals surface area contributed by atoms with Crippen molar-refractivity contribution in [3.8, 4) is 96.1 Å². The molecule has 5 heterocycles. The number of rotatable bonds is 10. The molecule has 0 amide bonds. The third-order valence-corrected chi connectivity index (χ3v) is 19.4. The largest absolute Gasteiger partial charge is 0.309 e. The molecule has 0 aliphatic rings. The Kier molecular flexibility index (Phi) is 12.5. The average Bonchev–Trinajstić information content (AvgIpc) is 1.58. The lowest BCUT2D eigenvalue weighted by molar-refractivity contribution is 1.13. The molecule has 19 rings (SSSR count). The van der Waals surface area contributed by atoms with Crippen LogP contribution in [0.15, 0.2) is 334 Å². The van der Waals surface area contributed by atoms with Gasteiger partial charge in [0.25, 0.3) is 0 Å². The summed E-state index contributed by atoms with van der Waals surface area (Å²) in [6.07, 6.45) is 0. The van der Waals surface area contributed by atoms with E-state index in [1.54, 1.807) is 0 Å². The summed E-state index contributed by atoms with van der Waals surface area (Å²) in [5, 5.41) is 19.3. The molecular formula is C89H55N7. The standard InChI is InChI=1S/C89H55N7/c90-56-57-19-18-22-61(47-57)58-35-37-59(38-36-58)79-55-80(92-89(91-79)60-20-4-1-5-21-60)66-48-69(95-83-33-16-12-29-73(83)77-52-64(41-45-87(77)95)62-39-43-85-75(50-62)71-27-10-14-31-81(71)93(85)67-23-6-2-7-24-67)54-70(49-66)96-84-34-17-13-30-74(84)78-53-65(42-46-88(78)96)63-40-44-86-76(51-63)72-28-11-15-32-82(72)94(86)68-25-8-3-9-26-68/h1-55H. The predicted molar refractivity (Wildman–Crippen MR) is 397 cm³/mol. The zero-order valence-electron chi connectivity index (χ0n) is 51.9. The van der Waals surface area contributed by atoms with Crippen molar-refractivity contribution in [1.29, 1.82) is 5.26 Å². The van der Waals surface area contributed by atoms with Gasteiger partial charge in [0.05, 0.1) is 67.2 Å². The molecule has 14 aromatic carbocycles. The van der Waals surface area contributed by atoms with E-state index in [9.17, 15) is 5.26 Å². The van der Waals surface area contributed by atoms with Crippen LogP contribution in [0.2, 0.25) is 0 Å². The van der Waals surface area contributed by atoms with Crippen LogP contribution in [0.3, 0.4) is 0 Å². The van der Waals surface area contributed by atoms with Gasteiger partial charge >= 0.3 is 0 Å². The van der Waals surface area contributed by atoms with Gasteiger partial charge in [-0.1, -0.05) is 200 Å². The van der Waals surface area contributed by atoms with Gasteiger partial charge in [0.15, 0.2) is 5.82 Å². The summed E-state index contributed by atoms with van der Waals surface area (Å²) in [6.45, 7) is 0. The Balaban J connectivity index is 0.811. The van der Waals surface area contributed by atoms with E-state index in [2.05, 4.69) is 316 Å². The Morgan fingerprint density at radius 1 is 0.208 bits per heavy atom. The smallest absolute Gasteiger partial charge is 0.160 e. The summed E-state index contributed by atoms with van der Waals surface area (Å²) in [5.41, 5.74) is 25.0. The van der Waals surface area contributed by atoms with Crippen LogP contribution < -0.4 is 0 Å². The normalized spacial score (nSPS) is 11.7. The molecule has 0 saturated heterocycles. The first-order chi connectivity index (χ1) is 47.5. The van der Waals surface area contributed by atoms with Crippen molar-refractivity contribution >= 4 is 87.2 Å². The van der Waals surface area contributed by atoms with Crippen molar-refractivity contribution in [2.45, 2.75) is 0 Å². The maximum atomic E-state index is 9.76. The van der Waals surface area contributed by atoms with Crippen molar-refractivity contribution in [2.24, 2.45) is 0 Å². The van der Waals surface area contributed by atoms with Crippen molar-refractivity contribution in [1.82, 2.24) is 28.2 Å². The summed E-state index contributed by atoms with van der Waals surface area (Å²) in [7, 11) is 0. The fourth-order valence-corrected chi connectivity index (χ4v) is 14.9. The lowest BCUT2D eigenvalue weighted by Crippen LogP contribution is -2.02. The van der Waals surface area contributed by atoms with E-state index in [-0.39, 0.29) is 0 Å². The van der Waals surface area contributed by atoms with E-state index in [4.69, 9.17) is 9.97 Å². The van der Waals surface area contributed by atoms with E-state index in [1.165, 1.54) is 43.6 Å². The first kappa shape index (κ1) is 54.6. The third kappa shape index (κ3) is 8.89. The third-order valence-electron chi connectivity index (χ3n) is 19.4. The zero-order valence-corrected chi connectivity index (χ0v) is 51.9. The number of hydrogen-bond donors (Lipinski definition) is 0. The number of nitriles is 1. The molecule has 0 radical (unpaired) electrons. The molecule has 0 unspecified atom stereocenters. The minimum atomic E-state index is 0.623. The maximum absolute atomic E-state index is 9.76. The highest BCUT2D eigenvalue weighted by molar-refractivity contribution is 6.15. The molecule has 0 aliphatic heterocycles. The molecule has 5 aromatic heterocycles. The second-order valence-electron chi connectivity index (χ2n) is 24.8. The Morgan fingerprint density at radius 3 is 0.948 bits per heavy atom. The molecular weight excluding hydrogens is 1170 g/mol. The summed E-state index contributed by atoms with van der Waals surface area (Å²) in [4.78, 5) is 10.9. The van der Waals surface area contributed by atoms with Gasteiger partial charge in [-0.3, -0.25) is 0 Å². The van der Waals surface area contributed by atoms with Crippen LogP contribution in [0.5, 0.6) is 0 Å². The highest BCUT2D eigenvalue weighted by atomic mass is 15.0. The maximum Gasteiger partial charge on any atom is 0.160 e. The van der Waals surface area contributed by atoms with Crippen LogP contribution >= 0.6 is 0 Å². The summed E-state index contributed by atoms with van der Waals surface area (Å²) < 4.78 is 9.63. The van der Waals surface area contributed by atoms with Gasteiger partial charge in [-0.15, -0.1) is 0 Å². The molecule has 446 valence electrons. The van der Waals surface area contributed by atoms with E-state index < -0.39 is 0 Å². The van der Waals surface area contributed by atoms with Gasteiger partial charge in [-0.05, 0) is 167 Å². The van der Waals surface area contributed by atoms with Gasteiger partial charge in [-0.2, -0.15) is 5.26 Å². The number of hydrogen-bond acceptors (Lipinski definition) is 3. The molecule has 0 atom stereocenters. The highest BCUT2D eigenvalue weighted by Gasteiger charge is 2.22. The fraction of sp³-hybridized carbons (Fsp3) is 0. The lowest BCUT2D eigenvalue weighted by atomic mass is 10.00. The molecule has 0 saturated carbocycles. The molecule has 19 aromatic rings. The summed E-state index contributed by atoms with van der Waals surface area (Å²) >= 11 is 0. The predicted octanol–water partition coefficient (Wildman–Crippen LogP) is 22.7. The zero-order chi connectivity index (χ0) is 63.4. The van der Waals surface area contributed by atoms with Gasteiger partial charge in [0.1, 0.15) is 0 Å². The molecule has 0 fully saturated rings. The molecule has 0 spiro atoms. The van der Waals surface area contributed by atoms with Crippen molar-refractivity contribution in [3.05, 3.63) is 339 Å². The Bertz CT molecular complexity index is 6090. The highest BCUT2D eigenvalue weighted by Crippen LogP contribution is 2.43. The van der Waals surface area contributed by atoms with E-state index >= 15 is 0 Å². The SMILES string of the molecule is N#Cc1cccc(-c2ccc(-c3cc(-c4cc(-n5c6ccccc6c6cc(-c7ccc8c(c7)c7ccccc7n8-c7ccccc7)ccc65)cc(-n5c6ccccc6c6cc(-c7ccc8c(c7)c7ccccc7n8-c7ccccc7)ccc65)c4)nc(-c4ccccc4)n3)cc2)c1. The second-order valence-corrected chi connectivity index (χ2v) is 24.8. The van der Waals surface area contributed by atoms with Crippen molar-refractivity contribution in [3.63, 3.8) is 0 Å². The average molecular weight is 1220 g/mol. The van der Waals surface area contributed by atoms with Gasteiger partial charge in [-0.25, -0.2) is 9.97 Å². The van der Waals surface area contributed by atoms with Crippen LogP contribution in [-0.2, 0) is 0 Å². The van der Waals surface area contributed by atoms with Gasteiger partial charge in [0, 0.05) is 82.5 Å². The topological polar surface area (TPSA) is 69.3 Å². The molecule has 0 N–H and O–H groups in total. The lowest BCUT2D eigenvalue weighted by Gasteiger charge is -2.17. The number of para-hydroxylation sites is 6. The summed E-state index contributed by atoms with van der Waals surface area (Å²) in [5.74, 6) is 0.625. The van der Waals surface area contributed by atoms with Crippen LogP contribution in [0.25, 0.3) is 177 Å². The van der Waals surface area contributed by atoms with E-state index in [1.807, 2.05) is 42.5 Å². The minimum Gasteiger partial charge on any atom is -0.309 e. The number of aromatic nitrogens is 6. The van der Waals surface area contributed by atoms with E-state index in [0.29, 0.717) is 11.4 Å². The summed E-state index contributed by atoms with van der Waals surface area (Å²) in [6, 6.07) is 122. The number of fused-ring (bicyclic) bond motifs is 12. The first-order valence-electron chi connectivity index (χ1n) is 32.5. The Labute approximate surface area is 552 Å². The van der Waals surface area contributed by atoms with Gasteiger partial charge < -0.3 is 18.3 Å². The Hall–Kier alpha value is -13.2. The quantitative estimate of drug-likeness (QED) is 0.137. The monoisotopic (exact) mass is 1220 g/mol. The van der Waals surface area contributed by atoms with Crippen LogP contribution in [-0.4, -0.2) is 28.2 Å². The second kappa shape index (κ2) is 22.0. The molecule has 0 aliphatic carbocycles. The Morgan fingerprint density at radius 2 is 0.531 bits per heavy atom. The number of benzene rings is 14. The minimum absolute atomic E-state index is 0.623. The molecule has 7 nitrogen and oxygen atoms in total. The van der Waals surface area contributed by atoms with Crippen molar-refractivity contribution < 1.29 is 0 Å². The van der Waals surface area contributed by atoms with Crippen LogP contribution in [0, 0.1) is 11.3 Å². The van der Waals surface area contributed by atoms with Crippen LogP contribution in [0.4, 0.5) is 0 Å². The molecule has 7 heteroatoms. The van der Waals surface area contributed by atoms with Crippen LogP contribution in [0.1, 0.15) is 5.56 Å². The first-order valence-corrected chi connectivity index (χ1v) is 32.5.